The zero-order valence-corrected chi connectivity index (χ0v) is 22.0. The number of hydrogen-bond acceptors (Lipinski definition) is 6. The Balaban J connectivity index is 1.54. The first kappa shape index (κ1) is 27.9. The van der Waals surface area contributed by atoms with Gasteiger partial charge in [-0.25, -0.2) is 14.8 Å². The minimum Gasteiger partial charge on any atom is -0.492 e. The van der Waals surface area contributed by atoms with E-state index < -0.39 is 5.97 Å². The summed E-state index contributed by atoms with van der Waals surface area (Å²) in [6.45, 7) is 4.94. The molecule has 0 aliphatic carbocycles. The Labute approximate surface area is 220 Å². The van der Waals surface area contributed by atoms with Crippen LogP contribution in [0.15, 0.2) is 54.9 Å². The predicted octanol–water partition coefficient (Wildman–Crippen LogP) is 7.71. The van der Waals surface area contributed by atoms with E-state index in [0.29, 0.717) is 35.1 Å². The van der Waals surface area contributed by atoms with Crippen molar-refractivity contribution in [2.75, 3.05) is 6.61 Å². The SMILES string of the molecule is CCCCCCCOc1ccc(C(=O)Oc2ccc(-c3ncc(CCCCCC)cn3)cc2)cc1C#N. The van der Waals surface area contributed by atoms with Crippen LogP contribution >= 0.6 is 0 Å². The molecule has 0 aliphatic rings. The first-order valence-corrected chi connectivity index (χ1v) is 13.4. The summed E-state index contributed by atoms with van der Waals surface area (Å²) in [5.74, 6) is 1.01. The average Bonchev–Trinajstić information content (AvgIpc) is 2.94. The van der Waals surface area contributed by atoms with Gasteiger partial charge in [-0.15, -0.1) is 0 Å². The third kappa shape index (κ3) is 9.02. The number of hydrogen-bond donors (Lipinski definition) is 0. The second kappa shape index (κ2) is 15.4. The lowest BCUT2D eigenvalue weighted by atomic mass is 10.1. The zero-order valence-electron chi connectivity index (χ0n) is 22.0. The van der Waals surface area contributed by atoms with Crippen molar-refractivity contribution in [2.24, 2.45) is 0 Å². The van der Waals surface area contributed by atoms with Gasteiger partial charge in [0.05, 0.1) is 17.7 Å². The highest BCUT2D eigenvalue weighted by Gasteiger charge is 2.13. The number of ether oxygens (including phenoxy) is 2. The van der Waals surface area contributed by atoms with Gasteiger partial charge in [0.1, 0.15) is 17.6 Å². The number of unbranched alkanes of at least 4 members (excludes halogenated alkanes) is 7. The molecule has 37 heavy (non-hydrogen) atoms. The summed E-state index contributed by atoms with van der Waals surface area (Å²) in [5.41, 5.74) is 2.61. The van der Waals surface area contributed by atoms with Crippen LogP contribution in [0.4, 0.5) is 0 Å². The Morgan fingerprint density at radius 2 is 1.54 bits per heavy atom. The molecule has 0 saturated heterocycles. The Hall–Kier alpha value is -3.72. The molecular weight excluding hydrogens is 462 g/mol. The number of nitriles is 1. The van der Waals surface area contributed by atoms with Gasteiger partial charge < -0.3 is 9.47 Å². The van der Waals surface area contributed by atoms with Gasteiger partial charge in [0.2, 0.25) is 0 Å². The molecule has 1 aromatic heterocycles. The second-order valence-corrected chi connectivity index (χ2v) is 9.22. The molecule has 1 heterocycles. The third-order valence-electron chi connectivity index (χ3n) is 6.19. The minimum atomic E-state index is -0.529. The molecule has 0 atom stereocenters. The lowest BCUT2D eigenvalue weighted by molar-refractivity contribution is 0.0734. The molecule has 6 heteroatoms. The minimum absolute atomic E-state index is 0.300. The van der Waals surface area contributed by atoms with Crippen molar-refractivity contribution in [2.45, 2.75) is 78.1 Å². The summed E-state index contributed by atoms with van der Waals surface area (Å²) in [6, 6.07) is 14.0. The standard InChI is InChI=1S/C31H37N3O3/c1-3-5-7-9-11-19-36-29-18-15-26(20-27(29)21-32)31(35)37-28-16-13-25(14-17-28)30-33-22-24(23-34-30)12-10-8-6-4-2/h13-18,20,22-23H,3-12,19H2,1-2H3. The topological polar surface area (TPSA) is 85.1 Å². The maximum absolute atomic E-state index is 12.7. The fraction of sp³-hybridized carbons (Fsp3) is 0.419. The van der Waals surface area contributed by atoms with Crippen LogP contribution in [0.3, 0.4) is 0 Å². The number of aromatic nitrogens is 2. The first-order chi connectivity index (χ1) is 18.1. The molecule has 0 bridgehead atoms. The third-order valence-corrected chi connectivity index (χ3v) is 6.19. The lowest BCUT2D eigenvalue weighted by Crippen LogP contribution is -2.09. The van der Waals surface area contributed by atoms with Gasteiger partial charge in [-0.05, 0) is 67.3 Å². The highest BCUT2D eigenvalue weighted by atomic mass is 16.5. The summed E-state index contributed by atoms with van der Waals surface area (Å²) in [6.07, 6.45) is 15.3. The molecule has 0 unspecified atom stereocenters. The summed E-state index contributed by atoms with van der Waals surface area (Å²) >= 11 is 0. The maximum atomic E-state index is 12.7. The number of nitrogens with zero attached hydrogens (tertiary/aromatic N) is 3. The number of benzene rings is 2. The highest BCUT2D eigenvalue weighted by Crippen LogP contribution is 2.23. The number of esters is 1. The summed E-state index contributed by atoms with van der Waals surface area (Å²) in [7, 11) is 0. The molecule has 0 N–H and O–H groups in total. The van der Waals surface area contributed by atoms with Crippen LogP contribution in [0.1, 0.15) is 93.1 Å². The first-order valence-electron chi connectivity index (χ1n) is 13.4. The molecular formula is C31H37N3O3. The van der Waals surface area contributed by atoms with Crippen LogP contribution in [-0.4, -0.2) is 22.5 Å². The van der Waals surface area contributed by atoms with E-state index >= 15 is 0 Å². The number of rotatable bonds is 15. The lowest BCUT2D eigenvalue weighted by Gasteiger charge is -2.10. The Morgan fingerprint density at radius 3 is 2.22 bits per heavy atom. The van der Waals surface area contributed by atoms with Crippen molar-refractivity contribution in [3.8, 4) is 29.0 Å². The zero-order chi connectivity index (χ0) is 26.3. The summed E-state index contributed by atoms with van der Waals surface area (Å²) in [4.78, 5) is 21.7. The van der Waals surface area contributed by atoms with Crippen LogP contribution in [0.2, 0.25) is 0 Å². The summed E-state index contributed by atoms with van der Waals surface area (Å²) in [5, 5.41) is 9.51. The van der Waals surface area contributed by atoms with Gasteiger partial charge in [0.15, 0.2) is 5.82 Å². The molecule has 2 aromatic carbocycles. The largest absolute Gasteiger partial charge is 0.492 e. The van der Waals surface area contributed by atoms with Crippen molar-refractivity contribution in [1.82, 2.24) is 9.97 Å². The normalized spacial score (nSPS) is 10.6. The number of carbonyl (C=O) groups is 1. The molecule has 0 aliphatic heterocycles. The van der Waals surface area contributed by atoms with Crippen molar-refractivity contribution in [1.29, 1.82) is 5.26 Å². The Kier molecular flexibility index (Phi) is 11.6. The van der Waals surface area contributed by atoms with E-state index in [1.54, 1.807) is 24.3 Å². The molecule has 3 aromatic rings. The van der Waals surface area contributed by atoms with Gasteiger partial charge in [-0.2, -0.15) is 5.26 Å². The van der Waals surface area contributed by atoms with Crippen LogP contribution in [-0.2, 0) is 6.42 Å². The van der Waals surface area contributed by atoms with E-state index in [9.17, 15) is 10.1 Å². The molecule has 0 fully saturated rings. The molecule has 6 nitrogen and oxygen atoms in total. The molecule has 0 saturated carbocycles. The molecule has 0 radical (unpaired) electrons. The van der Waals surface area contributed by atoms with Gasteiger partial charge in [-0.1, -0.05) is 58.8 Å². The summed E-state index contributed by atoms with van der Waals surface area (Å²) < 4.78 is 11.3. The average molecular weight is 500 g/mol. The van der Waals surface area contributed by atoms with Gasteiger partial charge in [-0.3, -0.25) is 0 Å². The number of carbonyl (C=O) groups excluding carboxylic acids is 1. The molecule has 194 valence electrons. The van der Waals surface area contributed by atoms with E-state index in [0.717, 1.165) is 36.8 Å². The molecule has 0 amide bonds. The Bertz CT molecular complexity index is 1150. The van der Waals surface area contributed by atoms with Gasteiger partial charge in [0, 0.05) is 18.0 Å². The fourth-order valence-corrected chi connectivity index (χ4v) is 3.98. The molecule has 3 rings (SSSR count). The van der Waals surface area contributed by atoms with E-state index in [-0.39, 0.29) is 0 Å². The van der Waals surface area contributed by atoms with Crippen molar-refractivity contribution in [3.05, 3.63) is 71.5 Å². The fourth-order valence-electron chi connectivity index (χ4n) is 3.98. The van der Waals surface area contributed by atoms with E-state index in [1.807, 2.05) is 24.5 Å². The van der Waals surface area contributed by atoms with E-state index in [2.05, 4.69) is 29.9 Å². The second-order valence-electron chi connectivity index (χ2n) is 9.22. The van der Waals surface area contributed by atoms with Crippen molar-refractivity contribution in [3.63, 3.8) is 0 Å². The van der Waals surface area contributed by atoms with E-state index in [4.69, 9.17) is 9.47 Å². The quantitative estimate of drug-likeness (QED) is 0.121. The van der Waals surface area contributed by atoms with Crippen LogP contribution in [0, 0.1) is 11.3 Å². The van der Waals surface area contributed by atoms with Crippen LogP contribution < -0.4 is 9.47 Å². The smallest absolute Gasteiger partial charge is 0.343 e. The predicted molar refractivity (Wildman–Crippen MR) is 146 cm³/mol. The Morgan fingerprint density at radius 1 is 0.865 bits per heavy atom. The van der Waals surface area contributed by atoms with Crippen molar-refractivity contribution >= 4 is 5.97 Å². The monoisotopic (exact) mass is 499 g/mol. The highest BCUT2D eigenvalue weighted by molar-refractivity contribution is 5.91. The van der Waals surface area contributed by atoms with Crippen LogP contribution in [0.25, 0.3) is 11.4 Å². The van der Waals surface area contributed by atoms with Crippen molar-refractivity contribution < 1.29 is 14.3 Å². The van der Waals surface area contributed by atoms with Crippen LogP contribution in [0.5, 0.6) is 11.5 Å². The number of aryl methyl sites for hydroxylation is 1. The van der Waals surface area contributed by atoms with Gasteiger partial charge in [0.25, 0.3) is 0 Å². The van der Waals surface area contributed by atoms with E-state index in [1.165, 1.54) is 44.6 Å². The van der Waals surface area contributed by atoms with Gasteiger partial charge >= 0.3 is 5.97 Å². The maximum Gasteiger partial charge on any atom is 0.343 e. The molecule has 0 spiro atoms.